The van der Waals surface area contributed by atoms with Crippen LogP contribution in [0.2, 0.25) is 0 Å². The smallest absolute Gasteiger partial charge is 0.254 e. The highest BCUT2D eigenvalue weighted by atomic mass is 16.5. The minimum atomic E-state index is -0.704. The molecule has 8 nitrogen and oxygen atoms in total. The summed E-state index contributed by atoms with van der Waals surface area (Å²) in [5.74, 6) is 0.735. The summed E-state index contributed by atoms with van der Waals surface area (Å²) < 4.78 is 11.3. The number of nitrogens with zero attached hydrogens (tertiary/aromatic N) is 2. The molecule has 166 valence electrons. The van der Waals surface area contributed by atoms with Gasteiger partial charge >= 0.3 is 0 Å². The van der Waals surface area contributed by atoms with Gasteiger partial charge in [-0.25, -0.2) is 0 Å². The van der Waals surface area contributed by atoms with Gasteiger partial charge < -0.3 is 19.8 Å². The van der Waals surface area contributed by atoms with Crippen LogP contribution in [-0.2, 0) is 11.4 Å². The molecule has 4 aromatic rings. The first-order valence-corrected chi connectivity index (χ1v) is 10.4. The Kier molecular flexibility index (Phi) is 6.75. The summed E-state index contributed by atoms with van der Waals surface area (Å²) >= 11 is 0. The van der Waals surface area contributed by atoms with E-state index in [-0.39, 0.29) is 18.4 Å². The van der Waals surface area contributed by atoms with Gasteiger partial charge in [-0.1, -0.05) is 36.4 Å². The van der Waals surface area contributed by atoms with Gasteiger partial charge in [0.05, 0.1) is 0 Å². The van der Waals surface area contributed by atoms with Gasteiger partial charge in [-0.2, -0.15) is 0 Å². The summed E-state index contributed by atoms with van der Waals surface area (Å²) in [6.45, 7) is 1.75. The summed E-state index contributed by atoms with van der Waals surface area (Å²) in [5, 5.41) is 13.5. The standard InChI is InChI=1S/C25H22N4O4/c1-17(26-24(31)18-8-4-2-5-9-18)23(30)27-20-12-14-21(15-13-20)32-16-22-28-29-25(33-22)19-10-6-3-7-11-19/h2-15,17H,16H2,1H3,(H,26,31)(H,27,30)/t17-/m0/s1. The summed E-state index contributed by atoms with van der Waals surface area (Å²) in [6, 6.07) is 24.4. The molecule has 4 rings (SSSR count). The Balaban J connectivity index is 1.27. The predicted molar refractivity (Wildman–Crippen MR) is 123 cm³/mol. The second-order valence-electron chi connectivity index (χ2n) is 7.23. The van der Waals surface area contributed by atoms with Crippen LogP contribution >= 0.6 is 0 Å². The maximum absolute atomic E-state index is 12.4. The van der Waals surface area contributed by atoms with Crippen LogP contribution in [0.25, 0.3) is 11.5 Å². The van der Waals surface area contributed by atoms with Crippen LogP contribution in [0.3, 0.4) is 0 Å². The summed E-state index contributed by atoms with van der Waals surface area (Å²) in [6.07, 6.45) is 0. The number of ether oxygens (including phenoxy) is 1. The van der Waals surface area contributed by atoms with E-state index in [0.29, 0.717) is 28.8 Å². The molecule has 0 saturated carbocycles. The van der Waals surface area contributed by atoms with Crippen molar-refractivity contribution in [2.75, 3.05) is 5.32 Å². The molecule has 0 unspecified atom stereocenters. The zero-order valence-electron chi connectivity index (χ0n) is 17.9. The number of carbonyl (C=O) groups excluding carboxylic acids is 2. The predicted octanol–water partition coefficient (Wildman–Crippen LogP) is 4.07. The van der Waals surface area contributed by atoms with Crippen molar-refractivity contribution in [1.82, 2.24) is 15.5 Å². The molecule has 0 aliphatic heterocycles. The van der Waals surface area contributed by atoms with Crippen molar-refractivity contribution in [3.05, 3.63) is 96.4 Å². The van der Waals surface area contributed by atoms with Gasteiger partial charge in [0.25, 0.3) is 11.8 Å². The number of hydrogen-bond donors (Lipinski definition) is 2. The van der Waals surface area contributed by atoms with Crippen molar-refractivity contribution in [2.24, 2.45) is 0 Å². The first-order chi connectivity index (χ1) is 16.1. The fourth-order valence-corrected chi connectivity index (χ4v) is 2.97. The van der Waals surface area contributed by atoms with Crippen LogP contribution in [0.5, 0.6) is 5.75 Å². The molecule has 1 heterocycles. The molecular weight excluding hydrogens is 420 g/mol. The third-order valence-corrected chi connectivity index (χ3v) is 4.75. The number of anilines is 1. The number of benzene rings is 3. The molecule has 0 bridgehead atoms. The van der Waals surface area contributed by atoms with Crippen LogP contribution in [0.1, 0.15) is 23.2 Å². The maximum atomic E-state index is 12.4. The van der Waals surface area contributed by atoms with Crippen molar-refractivity contribution in [3.63, 3.8) is 0 Å². The molecule has 33 heavy (non-hydrogen) atoms. The van der Waals surface area contributed by atoms with E-state index in [1.807, 2.05) is 36.4 Å². The first-order valence-electron chi connectivity index (χ1n) is 10.4. The van der Waals surface area contributed by atoms with E-state index in [2.05, 4.69) is 20.8 Å². The quantitative estimate of drug-likeness (QED) is 0.426. The summed E-state index contributed by atoms with van der Waals surface area (Å²) in [7, 11) is 0. The fraction of sp³-hybridized carbons (Fsp3) is 0.120. The van der Waals surface area contributed by atoms with Crippen molar-refractivity contribution in [2.45, 2.75) is 19.6 Å². The van der Waals surface area contributed by atoms with E-state index >= 15 is 0 Å². The largest absolute Gasteiger partial charge is 0.484 e. The molecule has 0 radical (unpaired) electrons. The van der Waals surface area contributed by atoms with E-state index in [0.717, 1.165) is 5.56 Å². The highest BCUT2D eigenvalue weighted by Gasteiger charge is 2.16. The number of carbonyl (C=O) groups is 2. The molecular formula is C25H22N4O4. The van der Waals surface area contributed by atoms with E-state index < -0.39 is 6.04 Å². The van der Waals surface area contributed by atoms with Crippen LogP contribution in [0, 0.1) is 0 Å². The molecule has 2 N–H and O–H groups in total. The highest BCUT2D eigenvalue weighted by molar-refractivity contribution is 6.00. The van der Waals surface area contributed by atoms with E-state index in [1.54, 1.807) is 55.5 Å². The molecule has 8 heteroatoms. The number of nitrogens with one attached hydrogen (secondary N) is 2. The summed E-state index contributed by atoms with van der Waals surface area (Å²) in [5.41, 5.74) is 1.92. The van der Waals surface area contributed by atoms with Crippen LogP contribution in [0.4, 0.5) is 5.69 Å². The van der Waals surface area contributed by atoms with E-state index in [4.69, 9.17) is 9.15 Å². The Hall–Kier alpha value is -4.46. The average molecular weight is 442 g/mol. The van der Waals surface area contributed by atoms with Gasteiger partial charge in [-0.05, 0) is 55.5 Å². The molecule has 0 fully saturated rings. The minimum Gasteiger partial charge on any atom is -0.484 e. The lowest BCUT2D eigenvalue weighted by Gasteiger charge is -2.14. The molecule has 2 amide bonds. The zero-order chi connectivity index (χ0) is 23.0. The fourth-order valence-electron chi connectivity index (χ4n) is 2.97. The molecule has 0 aliphatic carbocycles. The van der Waals surface area contributed by atoms with Gasteiger partial charge in [-0.3, -0.25) is 9.59 Å². The molecule has 1 atom stereocenters. The Bertz CT molecular complexity index is 1210. The van der Waals surface area contributed by atoms with Crippen LogP contribution < -0.4 is 15.4 Å². The Labute approximate surface area is 190 Å². The second kappa shape index (κ2) is 10.2. The highest BCUT2D eigenvalue weighted by Crippen LogP contribution is 2.20. The molecule has 0 spiro atoms. The number of amides is 2. The SMILES string of the molecule is C[C@H](NC(=O)c1ccccc1)C(=O)Nc1ccc(OCc2nnc(-c3ccccc3)o2)cc1. The zero-order valence-corrected chi connectivity index (χ0v) is 17.9. The van der Waals surface area contributed by atoms with Crippen molar-refractivity contribution in [1.29, 1.82) is 0 Å². The van der Waals surface area contributed by atoms with Gasteiger partial charge in [0.1, 0.15) is 11.8 Å². The lowest BCUT2D eigenvalue weighted by atomic mass is 10.2. The van der Waals surface area contributed by atoms with Crippen molar-refractivity contribution >= 4 is 17.5 Å². The summed E-state index contributed by atoms with van der Waals surface area (Å²) in [4.78, 5) is 24.6. The number of rotatable bonds is 8. The average Bonchev–Trinajstić information content (AvgIpc) is 3.34. The normalized spacial score (nSPS) is 11.4. The Morgan fingerprint density at radius 2 is 1.58 bits per heavy atom. The van der Waals surface area contributed by atoms with Crippen molar-refractivity contribution in [3.8, 4) is 17.2 Å². The van der Waals surface area contributed by atoms with Crippen molar-refractivity contribution < 1.29 is 18.7 Å². The minimum absolute atomic E-state index is 0.119. The van der Waals surface area contributed by atoms with Crippen LogP contribution in [-0.4, -0.2) is 28.1 Å². The molecule has 0 aliphatic rings. The lowest BCUT2D eigenvalue weighted by Crippen LogP contribution is -2.41. The number of aromatic nitrogens is 2. The molecule has 3 aromatic carbocycles. The third-order valence-electron chi connectivity index (χ3n) is 4.75. The Morgan fingerprint density at radius 1 is 0.909 bits per heavy atom. The van der Waals surface area contributed by atoms with Gasteiger partial charge in [0.2, 0.25) is 11.8 Å². The topological polar surface area (TPSA) is 106 Å². The van der Waals surface area contributed by atoms with Gasteiger partial charge in [0, 0.05) is 16.8 Å². The van der Waals surface area contributed by atoms with Crippen LogP contribution in [0.15, 0.2) is 89.3 Å². The number of hydrogen-bond acceptors (Lipinski definition) is 6. The Morgan fingerprint density at radius 3 is 2.27 bits per heavy atom. The molecule has 1 aromatic heterocycles. The van der Waals surface area contributed by atoms with E-state index in [1.165, 1.54) is 0 Å². The maximum Gasteiger partial charge on any atom is 0.254 e. The molecule has 0 saturated heterocycles. The van der Waals surface area contributed by atoms with E-state index in [9.17, 15) is 9.59 Å². The van der Waals surface area contributed by atoms with Gasteiger partial charge in [0.15, 0.2) is 6.61 Å². The first kappa shape index (κ1) is 21.8. The lowest BCUT2D eigenvalue weighted by molar-refractivity contribution is -0.117. The third kappa shape index (κ3) is 5.82. The second-order valence-corrected chi connectivity index (χ2v) is 7.23. The van der Waals surface area contributed by atoms with Gasteiger partial charge in [-0.15, -0.1) is 10.2 Å². The monoisotopic (exact) mass is 442 g/mol.